The van der Waals surface area contributed by atoms with Crippen LogP contribution < -0.4 is 20.1 Å². The predicted molar refractivity (Wildman–Crippen MR) is 113 cm³/mol. The molecule has 0 unspecified atom stereocenters. The van der Waals surface area contributed by atoms with E-state index in [0.29, 0.717) is 17.1 Å². The highest BCUT2D eigenvalue weighted by Gasteiger charge is 2.19. The van der Waals surface area contributed by atoms with E-state index in [1.807, 2.05) is 42.5 Å². The Kier molecular flexibility index (Phi) is 4.84. The molecule has 0 aliphatic carbocycles. The Hall–Kier alpha value is -3.54. The molecule has 0 spiro atoms. The van der Waals surface area contributed by atoms with Gasteiger partial charge >= 0.3 is 0 Å². The minimum absolute atomic E-state index is 0.0689. The van der Waals surface area contributed by atoms with Gasteiger partial charge in [-0.3, -0.25) is 4.79 Å². The maximum Gasteiger partial charge on any atom is 0.257 e. The summed E-state index contributed by atoms with van der Waals surface area (Å²) in [6, 6.07) is 17.0. The van der Waals surface area contributed by atoms with Gasteiger partial charge in [0.05, 0.1) is 5.56 Å². The van der Waals surface area contributed by atoms with Crippen LogP contribution in [0.15, 0.2) is 60.8 Å². The van der Waals surface area contributed by atoms with Gasteiger partial charge in [-0.05, 0) is 41.3 Å². The van der Waals surface area contributed by atoms with Gasteiger partial charge < -0.3 is 20.1 Å². The third kappa shape index (κ3) is 4.16. The van der Waals surface area contributed by atoms with Crippen LogP contribution in [0, 0.1) is 0 Å². The first kappa shape index (κ1) is 18.8. The van der Waals surface area contributed by atoms with E-state index in [2.05, 4.69) is 36.4 Å². The van der Waals surface area contributed by atoms with Crippen molar-refractivity contribution in [3.8, 4) is 11.5 Å². The Morgan fingerprint density at radius 3 is 2.55 bits per heavy atom. The molecule has 2 heterocycles. The lowest BCUT2D eigenvalue weighted by atomic mass is 9.86. The van der Waals surface area contributed by atoms with Gasteiger partial charge in [0.1, 0.15) is 5.82 Å². The SMILES string of the molecule is CC(C)(C)c1ccccc1NC(=O)c1ccc(Nc2ccc3c(c2)OCO3)nc1. The Morgan fingerprint density at radius 2 is 1.79 bits per heavy atom. The molecule has 1 aliphatic heterocycles. The largest absolute Gasteiger partial charge is 0.454 e. The van der Waals surface area contributed by atoms with Crippen molar-refractivity contribution in [2.45, 2.75) is 26.2 Å². The van der Waals surface area contributed by atoms with Gasteiger partial charge in [-0.2, -0.15) is 0 Å². The van der Waals surface area contributed by atoms with Crippen LogP contribution in [0.5, 0.6) is 11.5 Å². The second kappa shape index (κ2) is 7.47. The van der Waals surface area contributed by atoms with Crippen LogP contribution in [-0.4, -0.2) is 17.7 Å². The summed E-state index contributed by atoms with van der Waals surface area (Å²) in [5, 5.41) is 6.20. The summed E-state index contributed by atoms with van der Waals surface area (Å²) in [5.41, 5.74) is 3.15. The molecule has 6 heteroatoms. The van der Waals surface area contributed by atoms with Crippen LogP contribution in [-0.2, 0) is 5.41 Å². The molecule has 0 saturated carbocycles. The third-order valence-electron chi connectivity index (χ3n) is 4.65. The second-order valence-electron chi connectivity index (χ2n) is 7.87. The standard InChI is InChI=1S/C23H23N3O3/c1-23(2,3)17-6-4-5-7-18(17)26-22(27)15-8-11-21(24-13-15)25-16-9-10-19-20(12-16)29-14-28-19/h4-13H,14H2,1-3H3,(H,24,25)(H,26,27). The minimum atomic E-state index is -0.191. The molecule has 4 rings (SSSR count). The topological polar surface area (TPSA) is 72.5 Å². The average Bonchev–Trinajstić information content (AvgIpc) is 3.16. The van der Waals surface area contributed by atoms with Crippen LogP contribution in [0.3, 0.4) is 0 Å². The first-order valence-corrected chi connectivity index (χ1v) is 9.44. The Morgan fingerprint density at radius 1 is 1.00 bits per heavy atom. The highest BCUT2D eigenvalue weighted by molar-refractivity contribution is 6.04. The number of ether oxygens (including phenoxy) is 2. The Bertz CT molecular complexity index is 1040. The van der Waals surface area contributed by atoms with E-state index in [4.69, 9.17) is 9.47 Å². The minimum Gasteiger partial charge on any atom is -0.454 e. The number of nitrogens with zero attached hydrogens (tertiary/aromatic N) is 1. The number of hydrogen-bond acceptors (Lipinski definition) is 5. The van der Waals surface area contributed by atoms with Crippen LogP contribution in [0.1, 0.15) is 36.7 Å². The molecule has 29 heavy (non-hydrogen) atoms. The van der Waals surface area contributed by atoms with E-state index in [1.165, 1.54) is 0 Å². The van der Waals surface area contributed by atoms with Crippen molar-refractivity contribution in [2.24, 2.45) is 0 Å². The fourth-order valence-electron chi connectivity index (χ4n) is 3.16. The van der Waals surface area contributed by atoms with E-state index in [9.17, 15) is 4.79 Å². The monoisotopic (exact) mass is 389 g/mol. The first-order chi connectivity index (χ1) is 13.9. The number of carbonyl (C=O) groups excluding carboxylic acids is 1. The molecule has 0 bridgehead atoms. The first-order valence-electron chi connectivity index (χ1n) is 9.44. The molecular formula is C23H23N3O3. The Labute approximate surface area is 169 Å². The summed E-state index contributed by atoms with van der Waals surface area (Å²) in [6.45, 7) is 6.60. The molecule has 148 valence electrons. The van der Waals surface area contributed by atoms with E-state index >= 15 is 0 Å². The van der Waals surface area contributed by atoms with Crippen molar-refractivity contribution in [1.29, 1.82) is 0 Å². The maximum absolute atomic E-state index is 12.7. The summed E-state index contributed by atoms with van der Waals surface area (Å²) in [5.74, 6) is 1.87. The van der Waals surface area contributed by atoms with Crippen LogP contribution in [0.4, 0.5) is 17.2 Å². The summed E-state index contributed by atoms with van der Waals surface area (Å²) in [7, 11) is 0. The van der Waals surface area contributed by atoms with E-state index < -0.39 is 0 Å². The molecule has 1 aromatic heterocycles. The van der Waals surface area contributed by atoms with Crippen LogP contribution >= 0.6 is 0 Å². The molecule has 2 aromatic carbocycles. The quantitative estimate of drug-likeness (QED) is 0.649. The number of rotatable bonds is 4. The lowest BCUT2D eigenvalue weighted by Crippen LogP contribution is -2.18. The summed E-state index contributed by atoms with van der Waals surface area (Å²) >= 11 is 0. The zero-order chi connectivity index (χ0) is 20.4. The number of hydrogen-bond donors (Lipinski definition) is 2. The average molecular weight is 389 g/mol. The molecule has 1 amide bonds. The van der Waals surface area contributed by atoms with Crippen molar-refractivity contribution in [2.75, 3.05) is 17.4 Å². The molecule has 1 aliphatic rings. The van der Waals surface area contributed by atoms with Crippen molar-refractivity contribution >= 4 is 23.1 Å². The van der Waals surface area contributed by atoms with Gasteiger partial charge in [0.25, 0.3) is 5.91 Å². The summed E-state index contributed by atoms with van der Waals surface area (Å²) in [6.07, 6.45) is 1.56. The number of benzene rings is 2. The molecule has 0 fully saturated rings. The smallest absolute Gasteiger partial charge is 0.257 e. The number of para-hydroxylation sites is 1. The van der Waals surface area contributed by atoms with Crippen molar-refractivity contribution in [3.63, 3.8) is 0 Å². The van der Waals surface area contributed by atoms with Crippen molar-refractivity contribution in [1.82, 2.24) is 4.98 Å². The number of nitrogens with one attached hydrogen (secondary N) is 2. The summed E-state index contributed by atoms with van der Waals surface area (Å²) < 4.78 is 10.7. The number of pyridine rings is 1. The molecule has 0 atom stereocenters. The lowest BCUT2D eigenvalue weighted by molar-refractivity contribution is 0.102. The normalized spacial score (nSPS) is 12.5. The molecular weight excluding hydrogens is 366 g/mol. The van der Waals surface area contributed by atoms with Gasteiger partial charge in [0, 0.05) is 23.6 Å². The number of amides is 1. The zero-order valence-electron chi connectivity index (χ0n) is 16.7. The molecule has 2 N–H and O–H groups in total. The highest BCUT2D eigenvalue weighted by Crippen LogP contribution is 2.35. The van der Waals surface area contributed by atoms with E-state index in [-0.39, 0.29) is 18.1 Å². The van der Waals surface area contributed by atoms with Crippen LogP contribution in [0.2, 0.25) is 0 Å². The fourth-order valence-corrected chi connectivity index (χ4v) is 3.16. The number of carbonyl (C=O) groups is 1. The fraction of sp³-hybridized carbons (Fsp3) is 0.217. The number of aromatic nitrogens is 1. The van der Waals surface area contributed by atoms with Gasteiger partial charge in [-0.25, -0.2) is 4.98 Å². The van der Waals surface area contributed by atoms with E-state index in [0.717, 1.165) is 22.7 Å². The van der Waals surface area contributed by atoms with Gasteiger partial charge in [-0.1, -0.05) is 39.0 Å². The number of anilines is 3. The summed E-state index contributed by atoms with van der Waals surface area (Å²) in [4.78, 5) is 17.0. The highest BCUT2D eigenvalue weighted by atomic mass is 16.7. The van der Waals surface area contributed by atoms with Crippen molar-refractivity contribution < 1.29 is 14.3 Å². The maximum atomic E-state index is 12.7. The van der Waals surface area contributed by atoms with Crippen molar-refractivity contribution in [3.05, 3.63) is 71.9 Å². The van der Waals surface area contributed by atoms with Gasteiger partial charge in [-0.15, -0.1) is 0 Å². The Balaban J connectivity index is 1.46. The molecule has 6 nitrogen and oxygen atoms in total. The third-order valence-corrected chi connectivity index (χ3v) is 4.65. The van der Waals surface area contributed by atoms with Gasteiger partial charge in [0.15, 0.2) is 11.5 Å². The predicted octanol–water partition coefficient (Wildman–Crippen LogP) is 5.10. The number of fused-ring (bicyclic) bond motifs is 1. The van der Waals surface area contributed by atoms with Gasteiger partial charge in [0.2, 0.25) is 6.79 Å². The molecule has 0 radical (unpaired) electrons. The lowest BCUT2D eigenvalue weighted by Gasteiger charge is -2.23. The second-order valence-corrected chi connectivity index (χ2v) is 7.87. The zero-order valence-corrected chi connectivity index (χ0v) is 16.7. The van der Waals surface area contributed by atoms with E-state index in [1.54, 1.807) is 18.3 Å². The molecule has 0 saturated heterocycles. The molecule has 3 aromatic rings. The van der Waals surface area contributed by atoms with Crippen LogP contribution in [0.25, 0.3) is 0 Å².